The number of carboxylic acid groups (broad SMARTS) is 1. The van der Waals surface area contributed by atoms with Crippen LogP contribution < -0.4 is 4.72 Å². The van der Waals surface area contributed by atoms with Crippen molar-refractivity contribution in [3.8, 4) is 0 Å². The maximum Gasteiger partial charge on any atom is 0.303 e. The van der Waals surface area contributed by atoms with Crippen LogP contribution in [0, 0.1) is 0 Å². The summed E-state index contributed by atoms with van der Waals surface area (Å²) in [6, 6.07) is 6.64. The maximum atomic E-state index is 13.0. The Balaban J connectivity index is 2.02. The topological polar surface area (TPSA) is 83.5 Å². The first-order valence-corrected chi connectivity index (χ1v) is 10.4. The lowest BCUT2D eigenvalue weighted by molar-refractivity contribution is -0.136. The van der Waals surface area contributed by atoms with Gasteiger partial charge in [-0.05, 0) is 56.4 Å². The van der Waals surface area contributed by atoms with Crippen molar-refractivity contribution in [1.29, 1.82) is 0 Å². The molecule has 0 radical (unpaired) electrons. The van der Waals surface area contributed by atoms with Crippen molar-refractivity contribution in [2.75, 3.05) is 4.72 Å². The number of allylic oxidation sites excluding steroid dienone is 2. The first kappa shape index (κ1) is 19.8. The van der Waals surface area contributed by atoms with Crippen molar-refractivity contribution < 1.29 is 18.3 Å². The summed E-state index contributed by atoms with van der Waals surface area (Å²) in [5, 5.41) is 9.18. The number of benzene rings is 1. The predicted octanol–water partition coefficient (Wildman–Crippen LogP) is 4.60. The fourth-order valence-electron chi connectivity index (χ4n) is 3.24. The van der Waals surface area contributed by atoms with E-state index in [-0.39, 0.29) is 6.42 Å². The van der Waals surface area contributed by atoms with Crippen LogP contribution in [0.5, 0.6) is 0 Å². The molecule has 5 nitrogen and oxygen atoms in total. The zero-order valence-corrected chi connectivity index (χ0v) is 15.7. The van der Waals surface area contributed by atoms with Crippen LogP contribution in [0.4, 0.5) is 5.69 Å². The van der Waals surface area contributed by atoms with E-state index in [1.165, 1.54) is 0 Å². The fraction of sp³-hybridized carbons (Fsp3) is 0.500. The van der Waals surface area contributed by atoms with Gasteiger partial charge in [-0.25, -0.2) is 8.42 Å². The molecule has 0 spiro atoms. The SMILES string of the molecule is O=C(O)CC/C=C\CCC1(S(=O)(=O)Nc2ccc(Cl)cc2)CCCC1. The van der Waals surface area contributed by atoms with Crippen LogP contribution in [0.2, 0.25) is 5.02 Å². The van der Waals surface area contributed by atoms with E-state index < -0.39 is 20.7 Å². The molecule has 0 saturated heterocycles. The maximum absolute atomic E-state index is 13.0. The fourth-order valence-corrected chi connectivity index (χ4v) is 5.24. The van der Waals surface area contributed by atoms with E-state index in [1.54, 1.807) is 24.3 Å². The van der Waals surface area contributed by atoms with Gasteiger partial charge in [0, 0.05) is 17.1 Å². The summed E-state index contributed by atoms with van der Waals surface area (Å²) in [4.78, 5) is 10.5. The highest BCUT2D eigenvalue weighted by molar-refractivity contribution is 7.94. The summed E-state index contributed by atoms with van der Waals surface area (Å²) in [6.45, 7) is 0. The lowest BCUT2D eigenvalue weighted by Gasteiger charge is -2.29. The molecular formula is C18H24ClNO4S. The largest absolute Gasteiger partial charge is 0.481 e. The van der Waals surface area contributed by atoms with E-state index in [4.69, 9.17) is 16.7 Å². The Labute approximate surface area is 154 Å². The van der Waals surface area contributed by atoms with E-state index in [0.717, 1.165) is 12.8 Å². The van der Waals surface area contributed by atoms with E-state index in [2.05, 4.69) is 4.72 Å². The molecule has 0 amide bonds. The van der Waals surface area contributed by atoms with Crippen LogP contribution in [-0.2, 0) is 14.8 Å². The third-order valence-electron chi connectivity index (χ3n) is 4.64. The number of rotatable bonds is 9. The Bertz CT molecular complexity index is 707. The van der Waals surface area contributed by atoms with Crippen molar-refractivity contribution in [1.82, 2.24) is 0 Å². The minimum atomic E-state index is -3.51. The smallest absolute Gasteiger partial charge is 0.303 e. The van der Waals surface area contributed by atoms with Gasteiger partial charge < -0.3 is 5.11 Å². The number of halogens is 1. The highest BCUT2D eigenvalue weighted by Gasteiger charge is 2.45. The second kappa shape index (κ2) is 8.72. The average molecular weight is 386 g/mol. The van der Waals surface area contributed by atoms with Crippen molar-refractivity contribution in [2.24, 2.45) is 0 Å². The van der Waals surface area contributed by atoms with Crippen molar-refractivity contribution >= 4 is 33.3 Å². The first-order chi connectivity index (χ1) is 11.8. The lowest BCUT2D eigenvalue weighted by Crippen LogP contribution is -2.40. The van der Waals surface area contributed by atoms with Gasteiger partial charge in [0.2, 0.25) is 10.0 Å². The van der Waals surface area contributed by atoms with Crippen LogP contribution in [0.15, 0.2) is 36.4 Å². The van der Waals surface area contributed by atoms with Gasteiger partial charge in [0.25, 0.3) is 0 Å². The van der Waals surface area contributed by atoms with E-state index in [9.17, 15) is 13.2 Å². The molecule has 25 heavy (non-hydrogen) atoms. The Kier molecular flexibility index (Phi) is 6.90. The number of sulfonamides is 1. The summed E-state index contributed by atoms with van der Waals surface area (Å²) in [5.41, 5.74) is 0.521. The van der Waals surface area contributed by atoms with Crippen LogP contribution in [0.1, 0.15) is 51.4 Å². The number of carbonyl (C=O) groups is 1. The quantitative estimate of drug-likeness (QED) is 0.608. The second-order valence-electron chi connectivity index (χ2n) is 6.45. The number of anilines is 1. The summed E-state index contributed by atoms with van der Waals surface area (Å²) in [7, 11) is -3.51. The summed E-state index contributed by atoms with van der Waals surface area (Å²) in [5.74, 6) is -0.827. The third-order valence-corrected chi connectivity index (χ3v) is 7.15. The summed E-state index contributed by atoms with van der Waals surface area (Å²) >= 11 is 5.85. The monoisotopic (exact) mass is 385 g/mol. The number of hydrogen-bond donors (Lipinski definition) is 2. The third kappa shape index (κ3) is 5.47. The van der Waals surface area contributed by atoms with Gasteiger partial charge >= 0.3 is 5.97 Å². The molecule has 0 heterocycles. The molecular weight excluding hydrogens is 362 g/mol. The number of carboxylic acids is 1. The molecule has 0 atom stereocenters. The zero-order valence-electron chi connectivity index (χ0n) is 14.1. The van der Waals surface area contributed by atoms with Gasteiger partial charge in [0.1, 0.15) is 0 Å². The Morgan fingerprint density at radius 3 is 2.36 bits per heavy atom. The average Bonchev–Trinajstić information content (AvgIpc) is 3.03. The molecule has 1 saturated carbocycles. The van der Waals surface area contributed by atoms with Crippen molar-refractivity contribution in [2.45, 2.75) is 56.1 Å². The molecule has 0 aromatic heterocycles. The van der Waals surface area contributed by atoms with Crippen LogP contribution >= 0.6 is 11.6 Å². The van der Waals surface area contributed by atoms with Crippen molar-refractivity contribution in [3.63, 3.8) is 0 Å². The predicted molar refractivity (Wildman–Crippen MR) is 100 cm³/mol. The molecule has 2 N–H and O–H groups in total. The number of hydrogen-bond acceptors (Lipinski definition) is 3. The molecule has 1 aliphatic carbocycles. The molecule has 1 fully saturated rings. The van der Waals surface area contributed by atoms with Gasteiger partial charge in [0.05, 0.1) is 4.75 Å². The van der Waals surface area contributed by atoms with Gasteiger partial charge in [-0.2, -0.15) is 0 Å². The van der Waals surface area contributed by atoms with Crippen LogP contribution in [0.25, 0.3) is 0 Å². The molecule has 0 aliphatic heterocycles. The summed E-state index contributed by atoms with van der Waals surface area (Å²) in [6.07, 6.45) is 8.56. The first-order valence-electron chi connectivity index (χ1n) is 8.49. The molecule has 1 aromatic carbocycles. The standard InChI is InChI=1S/C18H24ClNO4S/c19-15-8-10-16(11-9-15)20-25(23,24)18(13-5-6-14-18)12-4-2-1-3-7-17(21)22/h1-2,8-11,20H,3-7,12-14H2,(H,21,22)/b2-1-. The molecule has 1 aliphatic rings. The molecule has 7 heteroatoms. The minimum absolute atomic E-state index is 0.0953. The molecule has 1 aromatic rings. The van der Waals surface area contributed by atoms with Gasteiger partial charge in [-0.15, -0.1) is 0 Å². The van der Waals surface area contributed by atoms with Gasteiger partial charge in [-0.3, -0.25) is 9.52 Å². The molecule has 2 rings (SSSR count). The Morgan fingerprint density at radius 2 is 1.76 bits per heavy atom. The molecule has 138 valence electrons. The number of nitrogens with one attached hydrogen (secondary N) is 1. The molecule has 0 bridgehead atoms. The highest BCUT2D eigenvalue weighted by atomic mass is 35.5. The van der Waals surface area contributed by atoms with Crippen molar-refractivity contribution in [3.05, 3.63) is 41.4 Å². The zero-order chi connectivity index (χ0) is 18.3. The van der Waals surface area contributed by atoms with Crippen LogP contribution in [0.3, 0.4) is 0 Å². The minimum Gasteiger partial charge on any atom is -0.481 e. The normalized spacial score (nSPS) is 17.0. The number of aliphatic carboxylic acids is 1. The summed E-state index contributed by atoms with van der Waals surface area (Å²) < 4.78 is 27.9. The highest BCUT2D eigenvalue weighted by Crippen LogP contribution is 2.41. The second-order valence-corrected chi connectivity index (χ2v) is 8.96. The van der Waals surface area contributed by atoms with Gasteiger partial charge in [0.15, 0.2) is 0 Å². The molecule has 0 unspecified atom stereocenters. The van der Waals surface area contributed by atoms with E-state index >= 15 is 0 Å². The Morgan fingerprint density at radius 1 is 1.16 bits per heavy atom. The van der Waals surface area contributed by atoms with E-state index in [0.29, 0.717) is 42.8 Å². The lowest BCUT2D eigenvalue weighted by atomic mass is 10.0. The van der Waals surface area contributed by atoms with Gasteiger partial charge in [-0.1, -0.05) is 36.6 Å². The van der Waals surface area contributed by atoms with Crippen LogP contribution in [-0.4, -0.2) is 24.2 Å². The Hall–Kier alpha value is -1.53. The van der Waals surface area contributed by atoms with E-state index in [1.807, 2.05) is 12.2 Å².